The number of pyridine rings is 1. The minimum absolute atomic E-state index is 0.00220. The third-order valence-corrected chi connectivity index (χ3v) is 7.47. The second-order valence-electron chi connectivity index (χ2n) is 7.19. The number of halogens is 3. The van der Waals surface area contributed by atoms with Gasteiger partial charge in [-0.2, -0.15) is 13.2 Å². The van der Waals surface area contributed by atoms with Gasteiger partial charge in [0.15, 0.2) is 6.10 Å². The predicted octanol–water partition coefficient (Wildman–Crippen LogP) is 4.37. The molecule has 0 amide bonds. The average molecular weight is 514 g/mol. The Bertz CT molecular complexity index is 1480. The second-order valence-corrected chi connectivity index (χ2v) is 9.86. The zero-order valence-corrected chi connectivity index (χ0v) is 19.5. The number of rotatable bonds is 7. The van der Waals surface area contributed by atoms with Crippen molar-refractivity contribution in [2.24, 2.45) is 0 Å². The van der Waals surface area contributed by atoms with Gasteiger partial charge in [-0.1, -0.05) is 0 Å². The molecule has 1 unspecified atom stereocenters. The van der Waals surface area contributed by atoms with E-state index in [1.807, 2.05) is 0 Å². The molecule has 13 heteroatoms. The van der Waals surface area contributed by atoms with Gasteiger partial charge in [0.05, 0.1) is 50.6 Å². The summed E-state index contributed by atoms with van der Waals surface area (Å²) < 4.78 is 78.6. The highest BCUT2D eigenvalue weighted by molar-refractivity contribution is 7.90. The minimum atomic E-state index is -4.71. The van der Waals surface area contributed by atoms with Crippen LogP contribution in [0, 0.1) is 0 Å². The Kier molecular flexibility index (Phi) is 6.36. The van der Waals surface area contributed by atoms with Crippen molar-refractivity contribution in [2.45, 2.75) is 37.6 Å². The number of esters is 1. The maximum absolute atomic E-state index is 13.6. The number of carbonyl (C=O) groups is 1. The monoisotopic (exact) mass is 513 g/mol. The van der Waals surface area contributed by atoms with Crippen LogP contribution >= 0.6 is 11.3 Å². The van der Waals surface area contributed by atoms with Gasteiger partial charge in [0, 0.05) is 0 Å². The van der Waals surface area contributed by atoms with E-state index in [1.165, 1.54) is 36.5 Å². The van der Waals surface area contributed by atoms with Crippen LogP contribution in [0.15, 0.2) is 46.8 Å². The lowest BCUT2D eigenvalue weighted by molar-refractivity contribution is -0.156. The van der Waals surface area contributed by atoms with E-state index in [0.29, 0.717) is 16.3 Å². The van der Waals surface area contributed by atoms with E-state index in [9.17, 15) is 26.4 Å². The van der Waals surface area contributed by atoms with Crippen LogP contribution in [-0.4, -0.2) is 41.0 Å². The Morgan fingerprint density at radius 1 is 1.18 bits per heavy atom. The third kappa shape index (κ3) is 4.50. The molecule has 0 aliphatic rings. The molecule has 3 heterocycles. The van der Waals surface area contributed by atoms with Crippen LogP contribution in [0.5, 0.6) is 0 Å². The summed E-state index contributed by atoms with van der Waals surface area (Å²) in [4.78, 5) is 19.5. The largest absolute Gasteiger partial charge is 0.464 e. The highest BCUT2D eigenvalue weighted by atomic mass is 32.2. The normalized spacial score (nSPS) is 13.4. The molecule has 0 aliphatic carbocycles. The lowest BCUT2D eigenvalue weighted by Gasteiger charge is -2.15. The number of nitrogens with zero attached hydrogens (tertiary/aromatic N) is 3. The number of carbonyl (C=O) groups excluding carboxylic acids is 1. The summed E-state index contributed by atoms with van der Waals surface area (Å²) in [6.07, 6.45) is -5.73. The van der Waals surface area contributed by atoms with Gasteiger partial charge in [0.25, 0.3) is 10.0 Å². The summed E-state index contributed by atoms with van der Waals surface area (Å²) in [5.41, 5.74) is 0.796. The van der Waals surface area contributed by atoms with Gasteiger partial charge >= 0.3 is 12.1 Å². The van der Waals surface area contributed by atoms with Gasteiger partial charge in [0.1, 0.15) is 5.69 Å². The van der Waals surface area contributed by atoms with E-state index in [-0.39, 0.29) is 34.8 Å². The van der Waals surface area contributed by atoms with E-state index < -0.39 is 34.0 Å². The lowest BCUT2D eigenvalue weighted by Crippen LogP contribution is -2.24. The SMILES string of the molecule is CCOC(=O)C(C)OCc1cc2nc(C(F)(F)F)ccc2n1S(=O)(=O)c1ccc2ncsc2c1. The fraction of sp³-hybridized carbons (Fsp3) is 0.286. The number of thiazole rings is 1. The van der Waals surface area contributed by atoms with Crippen LogP contribution in [0.4, 0.5) is 13.2 Å². The summed E-state index contributed by atoms with van der Waals surface area (Å²) >= 11 is 1.25. The van der Waals surface area contributed by atoms with Gasteiger partial charge in [-0.15, -0.1) is 11.3 Å². The minimum Gasteiger partial charge on any atom is -0.464 e. The number of fused-ring (bicyclic) bond motifs is 2. The highest BCUT2D eigenvalue weighted by Gasteiger charge is 2.34. The van der Waals surface area contributed by atoms with Crippen LogP contribution < -0.4 is 0 Å². The van der Waals surface area contributed by atoms with Gasteiger partial charge in [-0.3, -0.25) is 0 Å². The Morgan fingerprint density at radius 3 is 2.65 bits per heavy atom. The van der Waals surface area contributed by atoms with E-state index in [1.54, 1.807) is 18.5 Å². The molecule has 0 saturated heterocycles. The highest BCUT2D eigenvalue weighted by Crippen LogP contribution is 2.32. The number of hydrogen-bond acceptors (Lipinski definition) is 8. The molecule has 0 saturated carbocycles. The van der Waals surface area contributed by atoms with Crippen molar-refractivity contribution in [3.05, 3.63) is 53.3 Å². The van der Waals surface area contributed by atoms with Crippen LogP contribution in [0.1, 0.15) is 25.2 Å². The number of benzene rings is 1. The molecule has 0 radical (unpaired) electrons. The summed E-state index contributed by atoms with van der Waals surface area (Å²) in [7, 11) is -4.27. The van der Waals surface area contributed by atoms with Crippen molar-refractivity contribution in [2.75, 3.05) is 6.61 Å². The molecular weight excluding hydrogens is 495 g/mol. The molecule has 4 rings (SSSR count). The van der Waals surface area contributed by atoms with Crippen molar-refractivity contribution in [1.82, 2.24) is 13.9 Å². The summed E-state index contributed by atoms with van der Waals surface area (Å²) in [6.45, 7) is 2.79. The molecule has 34 heavy (non-hydrogen) atoms. The molecule has 0 aliphatic heterocycles. The molecule has 1 aromatic carbocycles. The van der Waals surface area contributed by atoms with Gasteiger partial charge < -0.3 is 9.47 Å². The maximum Gasteiger partial charge on any atom is 0.433 e. The van der Waals surface area contributed by atoms with Crippen LogP contribution in [0.3, 0.4) is 0 Å². The standard InChI is InChI=1S/C21H18F3N3O5S2/c1-3-31-20(28)12(2)32-10-13-8-16-17(6-7-19(26-16)21(22,23)24)27(13)34(29,30)14-4-5-15-18(9-14)33-11-25-15/h4-9,11-12H,3,10H2,1-2H3. The molecule has 0 N–H and O–H groups in total. The van der Waals surface area contributed by atoms with E-state index >= 15 is 0 Å². The first-order chi connectivity index (χ1) is 16.0. The van der Waals surface area contributed by atoms with Gasteiger partial charge in [0.2, 0.25) is 0 Å². The molecule has 3 aromatic heterocycles. The van der Waals surface area contributed by atoms with Crippen molar-refractivity contribution in [3.63, 3.8) is 0 Å². The maximum atomic E-state index is 13.6. The molecule has 0 spiro atoms. The Morgan fingerprint density at radius 2 is 1.94 bits per heavy atom. The molecule has 1 atom stereocenters. The van der Waals surface area contributed by atoms with Crippen LogP contribution in [-0.2, 0) is 37.1 Å². The number of aromatic nitrogens is 3. The van der Waals surface area contributed by atoms with E-state index in [0.717, 1.165) is 10.0 Å². The Labute approximate surface area is 196 Å². The molecular formula is C21H18F3N3O5S2. The molecule has 0 bridgehead atoms. The topological polar surface area (TPSA) is 100 Å². The lowest BCUT2D eigenvalue weighted by atomic mass is 10.3. The first kappa shape index (κ1) is 24.1. The zero-order chi connectivity index (χ0) is 24.7. The van der Waals surface area contributed by atoms with Crippen molar-refractivity contribution in [1.29, 1.82) is 0 Å². The number of ether oxygens (including phenoxy) is 2. The fourth-order valence-corrected chi connectivity index (χ4v) is 5.63. The summed E-state index contributed by atoms with van der Waals surface area (Å²) in [6, 6.07) is 7.32. The van der Waals surface area contributed by atoms with Crippen molar-refractivity contribution in [3.8, 4) is 0 Å². The summed E-state index contributed by atoms with van der Waals surface area (Å²) in [5, 5.41) is 0. The number of hydrogen-bond donors (Lipinski definition) is 0. The predicted molar refractivity (Wildman–Crippen MR) is 118 cm³/mol. The van der Waals surface area contributed by atoms with Crippen LogP contribution in [0.2, 0.25) is 0 Å². The van der Waals surface area contributed by atoms with Crippen LogP contribution in [0.25, 0.3) is 21.3 Å². The summed E-state index contributed by atoms with van der Waals surface area (Å²) in [5.74, 6) is -0.652. The number of alkyl halides is 3. The molecule has 180 valence electrons. The van der Waals surface area contributed by atoms with Gasteiger partial charge in [-0.05, 0) is 50.2 Å². The molecule has 4 aromatic rings. The Hall–Kier alpha value is -3.03. The first-order valence-corrected chi connectivity index (χ1v) is 12.3. The fourth-order valence-electron chi connectivity index (χ4n) is 3.30. The molecule has 0 fully saturated rings. The quantitative estimate of drug-likeness (QED) is 0.338. The molecule has 8 nitrogen and oxygen atoms in total. The van der Waals surface area contributed by atoms with Crippen molar-refractivity contribution < 1.29 is 35.9 Å². The Balaban J connectivity index is 1.83. The van der Waals surface area contributed by atoms with Crippen molar-refractivity contribution >= 4 is 48.6 Å². The third-order valence-electron chi connectivity index (χ3n) is 4.92. The zero-order valence-electron chi connectivity index (χ0n) is 17.9. The smallest absolute Gasteiger partial charge is 0.433 e. The first-order valence-electron chi connectivity index (χ1n) is 9.98. The average Bonchev–Trinajstić information content (AvgIpc) is 3.40. The van der Waals surface area contributed by atoms with E-state index in [2.05, 4.69) is 9.97 Å². The van der Waals surface area contributed by atoms with E-state index in [4.69, 9.17) is 9.47 Å². The second kappa shape index (κ2) is 8.96. The van der Waals surface area contributed by atoms with Gasteiger partial charge in [-0.25, -0.2) is 27.2 Å².